The van der Waals surface area contributed by atoms with Gasteiger partial charge in [0, 0.05) is 23.6 Å². The van der Waals surface area contributed by atoms with Crippen molar-refractivity contribution in [1.82, 2.24) is 5.01 Å². The van der Waals surface area contributed by atoms with E-state index in [2.05, 4.69) is 34.6 Å². The van der Waals surface area contributed by atoms with E-state index in [4.69, 9.17) is 21.4 Å². The lowest BCUT2D eigenvalue weighted by Crippen LogP contribution is -2.25. The van der Waals surface area contributed by atoms with E-state index in [0.29, 0.717) is 28.9 Å². The number of amides is 2. The van der Waals surface area contributed by atoms with Crippen LogP contribution in [0.2, 0.25) is 5.02 Å². The van der Waals surface area contributed by atoms with Crippen molar-refractivity contribution in [3.8, 4) is 5.75 Å². The number of hydrogen-bond acceptors (Lipinski definition) is 6. The Morgan fingerprint density at radius 2 is 1.89 bits per heavy atom. The number of anilines is 1. The first kappa shape index (κ1) is 26.0. The largest absolute Gasteiger partial charge is 0.494 e. The summed E-state index contributed by atoms with van der Waals surface area (Å²) >= 11 is 7.57. The number of aryl methyl sites for hydroxylation is 1. The van der Waals surface area contributed by atoms with Crippen molar-refractivity contribution < 1.29 is 14.3 Å². The van der Waals surface area contributed by atoms with Crippen LogP contribution in [0.4, 0.5) is 5.69 Å². The van der Waals surface area contributed by atoms with Crippen molar-refractivity contribution in [2.45, 2.75) is 38.0 Å². The normalized spacial score (nSPS) is 18.8. The van der Waals surface area contributed by atoms with E-state index in [1.807, 2.05) is 38.1 Å². The number of aliphatic imine (C=N–C) groups is 1. The Morgan fingerprint density at radius 1 is 1.13 bits per heavy atom. The molecule has 3 aromatic rings. The number of hydrazone groups is 1. The third-order valence-corrected chi connectivity index (χ3v) is 7.65. The van der Waals surface area contributed by atoms with E-state index >= 15 is 0 Å². The van der Waals surface area contributed by atoms with Gasteiger partial charge in [0.05, 0.1) is 18.4 Å². The van der Waals surface area contributed by atoms with Gasteiger partial charge in [0.2, 0.25) is 5.91 Å². The van der Waals surface area contributed by atoms with Gasteiger partial charge < -0.3 is 10.1 Å². The van der Waals surface area contributed by atoms with Crippen LogP contribution < -0.4 is 10.1 Å². The van der Waals surface area contributed by atoms with Crippen molar-refractivity contribution >= 4 is 51.7 Å². The predicted molar refractivity (Wildman–Crippen MR) is 153 cm³/mol. The van der Waals surface area contributed by atoms with Crippen molar-refractivity contribution in [3.05, 3.63) is 94.5 Å². The number of carbonyl (C=O) groups excluding carboxylic acids is 2. The molecule has 0 aliphatic carbocycles. The summed E-state index contributed by atoms with van der Waals surface area (Å²) in [4.78, 5) is 29.9. The van der Waals surface area contributed by atoms with Crippen LogP contribution >= 0.6 is 23.4 Å². The minimum Gasteiger partial charge on any atom is -0.494 e. The molecule has 1 N–H and O–H groups in total. The number of hydrogen-bond donors (Lipinski definition) is 1. The van der Waals surface area contributed by atoms with Gasteiger partial charge in [0.15, 0.2) is 5.17 Å². The van der Waals surface area contributed by atoms with E-state index in [-0.39, 0.29) is 24.3 Å². The topological polar surface area (TPSA) is 83.4 Å². The third-order valence-electron chi connectivity index (χ3n) is 6.27. The van der Waals surface area contributed by atoms with Crippen molar-refractivity contribution in [2.75, 3.05) is 11.9 Å². The molecule has 0 saturated carbocycles. The smallest absolute Gasteiger partial charge is 0.262 e. The summed E-state index contributed by atoms with van der Waals surface area (Å²) in [7, 11) is 0. The van der Waals surface area contributed by atoms with E-state index in [0.717, 1.165) is 22.6 Å². The Morgan fingerprint density at radius 3 is 2.61 bits per heavy atom. The first-order valence-corrected chi connectivity index (χ1v) is 13.7. The van der Waals surface area contributed by atoms with Crippen LogP contribution in [0.25, 0.3) is 0 Å². The second-order valence-electron chi connectivity index (χ2n) is 9.08. The van der Waals surface area contributed by atoms with E-state index in [1.54, 1.807) is 29.3 Å². The number of carbonyl (C=O) groups is 2. The third kappa shape index (κ3) is 5.92. The quantitative estimate of drug-likeness (QED) is 0.380. The van der Waals surface area contributed by atoms with Crippen molar-refractivity contribution in [3.63, 3.8) is 0 Å². The van der Waals surface area contributed by atoms with E-state index < -0.39 is 5.25 Å². The molecule has 0 fully saturated rings. The molecule has 2 aliphatic heterocycles. The molecule has 3 aromatic carbocycles. The summed E-state index contributed by atoms with van der Waals surface area (Å²) in [6, 6.07) is 22.8. The molecule has 7 nitrogen and oxygen atoms in total. The first-order valence-electron chi connectivity index (χ1n) is 12.4. The van der Waals surface area contributed by atoms with Gasteiger partial charge in [-0.25, -0.2) is 5.01 Å². The second kappa shape index (κ2) is 11.4. The lowest BCUT2D eigenvalue weighted by molar-refractivity contribution is -0.121. The Labute approximate surface area is 230 Å². The average molecular weight is 547 g/mol. The van der Waals surface area contributed by atoms with Crippen LogP contribution in [0.3, 0.4) is 0 Å². The van der Waals surface area contributed by atoms with Crippen LogP contribution in [-0.2, 0) is 9.59 Å². The molecule has 0 unspecified atom stereocenters. The number of benzene rings is 3. The maximum atomic E-state index is 12.8. The maximum absolute atomic E-state index is 12.8. The molecule has 2 atom stereocenters. The highest BCUT2D eigenvalue weighted by atomic mass is 35.5. The van der Waals surface area contributed by atoms with Crippen molar-refractivity contribution in [1.29, 1.82) is 0 Å². The molecule has 2 heterocycles. The standard InChI is InChI=1S/C29H27ClN4O3S/c1-3-37-23-13-11-22(12-14-23)31-27(35)17-26-28(36)32-29(38-26)34-25(20-5-4-6-21(30)15-20)16-24(33-34)19-9-7-18(2)8-10-19/h4-15,25-26H,3,16-17H2,1-2H3,(H,31,35)/t25-,26-/m1/s1. The molecule has 0 spiro atoms. The Kier molecular flexibility index (Phi) is 7.81. The van der Waals surface area contributed by atoms with Gasteiger partial charge in [-0.2, -0.15) is 10.1 Å². The molecule has 0 aromatic heterocycles. The maximum Gasteiger partial charge on any atom is 0.262 e. The fourth-order valence-corrected chi connectivity index (χ4v) is 5.63. The summed E-state index contributed by atoms with van der Waals surface area (Å²) < 4.78 is 5.44. The van der Waals surface area contributed by atoms with Crippen LogP contribution in [0, 0.1) is 6.92 Å². The van der Waals surface area contributed by atoms with Gasteiger partial charge in [0.1, 0.15) is 11.0 Å². The SMILES string of the molecule is CCOc1ccc(NC(=O)C[C@H]2SC(N3N=C(c4ccc(C)cc4)C[C@@H]3c3cccc(Cl)c3)=NC2=O)cc1. The monoisotopic (exact) mass is 546 g/mol. The van der Waals surface area contributed by atoms with Gasteiger partial charge in [-0.05, 0) is 61.4 Å². The minimum atomic E-state index is -0.619. The van der Waals surface area contributed by atoms with Crippen LogP contribution in [0.5, 0.6) is 5.75 Å². The van der Waals surface area contributed by atoms with Crippen molar-refractivity contribution in [2.24, 2.45) is 10.1 Å². The summed E-state index contributed by atoms with van der Waals surface area (Å²) in [5, 5.41) is 10.0. The molecule has 0 radical (unpaired) electrons. The molecule has 38 heavy (non-hydrogen) atoms. The molecule has 2 amide bonds. The lowest BCUT2D eigenvalue weighted by atomic mass is 9.98. The lowest BCUT2D eigenvalue weighted by Gasteiger charge is -2.23. The number of nitrogens with zero attached hydrogens (tertiary/aromatic N) is 3. The first-order chi connectivity index (χ1) is 18.4. The molecule has 194 valence electrons. The summed E-state index contributed by atoms with van der Waals surface area (Å²) in [5.74, 6) is 0.138. The Bertz CT molecular complexity index is 1410. The average Bonchev–Trinajstić information content (AvgIpc) is 3.50. The Balaban J connectivity index is 1.31. The van der Waals surface area contributed by atoms with Gasteiger partial charge >= 0.3 is 0 Å². The number of rotatable bonds is 7. The molecular formula is C29H27ClN4O3S. The van der Waals surface area contributed by atoms with Gasteiger partial charge in [0.25, 0.3) is 5.91 Å². The molecule has 0 saturated heterocycles. The predicted octanol–water partition coefficient (Wildman–Crippen LogP) is 6.23. The molecule has 0 bridgehead atoms. The zero-order chi connectivity index (χ0) is 26.6. The molecular weight excluding hydrogens is 520 g/mol. The highest BCUT2D eigenvalue weighted by Gasteiger charge is 2.39. The van der Waals surface area contributed by atoms with E-state index in [1.165, 1.54) is 17.3 Å². The summed E-state index contributed by atoms with van der Waals surface area (Å²) in [5.41, 5.74) is 4.72. The zero-order valence-corrected chi connectivity index (χ0v) is 22.6. The molecule has 9 heteroatoms. The summed E-state index contributed by atoms with van der Waals surface area (Å²) in [6.07, 6.45) is 0.647. The number of amidine groups is 1. The molecule has 5 rings (SSSR count). The molecule has 2 aliphatic rings. The number of nitrogens with one attached hydrogen (secondary N) is 1. The second-order valence-corrected chi connectivity index (χ2v) is 10.7. The zero-order valence-electron chi connectivity index (χ0n) is 21.1. The number of thioether (sulfide) groups is 1. The van der Waals surface area contributed by atoms with Gasteiger partial charge in [-0.1, -0.05) is 65.3 Å². The highest BCUT2D eigenvalue weighted by Crippen LogP contribution is 2.39. The van der Waals surface area contributed by atoms with Gasteiger partial charge in [-0.3, -0.25) is 9.59 Å². The highest BCUT2D eigenvalue weighted by molar-refractivity contribution is 8.15. The fraction of sp³-hybridized carbons (Fsp3) is 0.241. The van der Waals surface area contributed by atoms with Crippen LogP contribution in [0.1, 0.15) is 42.5 Å². The number of halogens is 1. The van der Waals surface area contributed by atoms with Gasteiger partial charge in [-0.15, -0.1) is 0 Å². The number of ether oxygens (including phenoxy) is 1. The Hall–Kier alpha value is -3.62. The van der Waals surface area contributed by atoms with E-state index in [9.17, 15) is 9.59 Å². The van der Waals surface area contributed by atoms with Crippen LogP contribution in [0.15, 0.2) is 82.9 Å². The fourth-order valence-electron chi connectivity index (χ4n) is 4.37. The minimum absolute atomic E-state index is 0.00785. The van der Waals surface area contributed by atoms with Crippen LogP contribution in [-0.4, -0.2) is 39.6 Å². The summed E-state index contributed by atoms with van der Waals surface area (Å²) in [6.45, 7) is 4.53.